The van der Waals surface area contributed by atoms with Crippen LogP contribution in [0.4, 0.5) is 0 Å². The minimum atomic E-state index is 0.0468. The van der Waals surface area contributed by atoms with E-state index in [2.05, 4.69) is 6.92 Å². The van der Waals surface area contributed by atoms with Gasteiger partial charge in [-0.1, -0.05) is 71.1 Å². The van der Waals surface area contributed by atoms with Crippen molar-refractivity contribution in [3.63, 3.8) is 0 Å². The standard InChI is InChI=1S/C19H36O2/c1-3-4-5-6-7-8-9-10-11-12-13-14-17(2)21-19(20)18-15-16-18/h17-18H,3-16H2,1-2H3. The fourth-order valence-corrected chi connectivity index (χ4v) is 2.77. The number of carbonyl (C=O) groups is 1. The number of carbonyl (C=O) groups excluding carboxylic acids is 1. The highest BCUT2D eigenvalue weighted by atomic mass is 16.5. The zero-order valence-electron chi connectivity index (χ0n) is 14.4. The Hall–Kier alpha value is -0.530. The van der Waals surface area contributed by atoms with Crippen LogP contribution in [0.1, 0.15) is 104 Å². The summed E-state index contributed by atoms with van der Waals surface area (Å²) in [5.74, 6) is 0.287. The van der Waals surface area contributed by atoms with Gasteiger partial charge in [-0.15, -0.1) is 0 Å². The van der Waals surface area contributed by atoms with Crippen molar-refractivity contribution in [1.82, 2.24) is 0 Å². The Morgan fingerprint density at radius 2 is 1.38 bits per heavy atom. The molecule has 1 atom stereocenters. The quantitative estimate of drug-likeness (QED) is 0.289. The van der Waals surface area contributed by atoms with E-state index in [1.54, 1.807) is 0 Å². The molecule has 1 aliphatic carbocycles. The van der Waals surface area contributed by atoms with E-state index < -0.39 is 0 Å². The molecule has 1 rings (SSSR count). The number of unbranched alkanes of at least 4 members (excludes halogenated alkanes) is 10. The summed E-state index contributed by atoms with van der Waals surface area (Å²) in [5.41, 5.74) is 0. The molecular weight excluding hydrogens is 260 g/mol. The summed E-state index contributed by atoms with van der Waals surface area (Å²) in [5, 5.41) is 0. The molecule has 2 heteroatoms. The van der Waals surface area contributed by atoms with E-state index in [0.717, 1.165) is 19.3 Å². The van der Waals surface area contributed by atoms with Gasteiger partial charge in [0.15, 0.2) is 0 Å². The average Bonchev–Trinajstić information content (AvgIpc) is 3.29. The lowest BCUT2D eigenvalue weighted by atomic mass is 10.0. The highest BCUT2D eigenvalue weighted by Gasteiger charge is 2.31. The number of rotatable bonds is 14. The number of ether oxygens (including phenoxy) is 1. The maximum absolute atomic E-state index is 11.5. The molecule has 21 heavy (non-hydrogen) atoms. The molecule has 1 fully saturated rings. The van der Waals surface area contributed by atoms with E-state index in [1.165, 1.54) is 70.6 Å². The Morgan fingerprint density at radius 3 is 1.86 bits per heavy atom. The number of hydrogen-bond acceptors (Lipinski definition) is 2. The van der Waals surface area contributed by atoms with Gasteiger partial charge in [-0.3, -0.25) is 4.79 Å². The van der Waals surface area contributed by atoms with Crippen molar-refractivity contribution in [3.8, 4) is 0 Å². The molecule has 1 saturated carbocycles. The van der Waals surface area contributed by atoms with Gasteiger partial charge in [0.25, 0.3) is 0 Å². The summed E-state index contributed by atoms with van der Waals surface area (Å²) in [6.07, 6.45) is 18.3. The molecule has 0 amide bonds. The fraction of sp³-hybridized carbons (Fsp3) is 0.947. The van der Waals surface area contributed by atoms with Crippen LogP contribution in [-0.4, -0.2) is 12.1 Å². The minimum absolute atomic E-state index is 0.0468. The second-order valence-corrected chi connectivity index (χ2v) is 6.85. The van der Waals surface area contributed by atoms with Gasteiger partial charge in [-0.25, -0.2) is 0 Å². The molecule has 1 aliphatic rings. The third-order valence-electron chi connectivity index (χ3n) is 4.44. The predicted octanol–water partition coefficient (Wildman–Crippen LogP) is 6.03. The summed E-state index contributed by atoms with van der Waals surface area (Å²) in [6, 6.07) is 0. The smallest absolute Gasteiger partial charge is 0.309 e. The molecule has 1 unspecified atom stereocenters. The highest BCUT2D eigenvalue weighted by molar-refractivity contribution is 5.75. The first-order valence-corrected chi connectivity index (χ1v) is 9.44. The monoisotopic (exact) mass is 296 g/mol. The Kier molecular flexibility index (Phi) is 10.6. The van der Waals surface area contributed by atoms with Crippen LogP contribution in [0.15, 0.2) is 0 Å². The van der Waals surface area contributed by atoms with Gasteiger partial charge in [0, 0.05) is 0 Å². The summed E-state index contributed by atoms with van der Waals surface area (Å²) in [6.45, 7) is 4.31. The maximum atomic E-state index is 11.5. The van der Waals surface area contributed by atoms with E-state index in [9.17, 15) is 4.79 Å². The van der Waals surface area contributed by atoms with Crippen molar-refractivity contribution in [2.75, 3.05) is 0 Å². The molecule has 0 N–H and O–H groups in total. The topological polar surface area (TPSA) is 26.3 Å². The van der Waals surface area contributed by atoms with Gasteiger partial charge in [0.1, 0.15) is 0 Å². The molecule has 124 valence electrons. The first-order valence-electron chi connectivity index (χ1n) is 9.44. The highest BCUT2D eigenvalue weighted by Crippen LogP contribution is 2.30. The van der Waals surface area contributed by atoms with Crippen molar-refractivity contribution < 1.29 is 9.53 Å². The van der Waals surface area contributed by atoms with Crippen LogP contribution >= 0.6 is 0 Å². The van der Waals surface area contributed by atoms with Crippen molar-refractivity contribution in [2.24, 2.45) is 5.92 Å². The average molecular weight is 296 g/mol. The fourth-order valence-electron chi connectivity index (χ4n) is 2.77. The third-order valence-corrected chi connectivity index (χ3v) is 4.44. The first kappa shape index (κ1) is 18.5. The van der Waals surface area contributed by atoms with Gasteiger partial charge in [0.05, 0.1) is 12.0 Å². The van der Waals surface area contributed by atoms with E-state index in [4.69, 9.17) is 4.74 Å². The van der Waals surface area contributed by atoms with Crippen molar-refractivity contribution in [1.29, 1.82) is 0 Å². The predicted molar refractivity (Wildman–Crippen MR) is 89.4 cm³/mol. The van der Waals surface area contributed by atoms with Gasteiger partial charge in [-0.2, -0.15) is 0 Å². The zero-order chi connectivity index (χ0) is 15.3. The van der Waals surface area contributed by atoms with Crippen LogP contribution in [0.5, 0.6) is 0 Å². The van der Waals surface area contributed by atoms with E-state index in [1.807, 2.05) is 6.92 Å². The molecule has 0 aromatic rings. The van der Waals surface area contributed by atoms with Crippen LogP contribution in [0.2, 0.25) is 0 Å². The lowest BCUT2D eigenvalue weighted by Gasteiger charge is -2.12. The lowest BCUT2D eigenvalue weighted by molar-refractivity contribution is -0.150. The molecular formula is C19H36O2. The molecule has 2 nitrogen and oxygen atoms in total. The summed E-state index contributed by atoms with van der Waals surface area (Å²) in [7, 11) is 0. The van der Waals surface area contributed by atoms with E-state index >= 15 is 0 Å². The largest absolute Gasteiger partial charge is 0.462 e. The minimum Gasteiger partial charge on any atom is -0.462 e. The molecule has 0 spiro atoms. The third kappa shape index (κ3) is 10.8. The van der Waals surface area contributed by atoms with Gasteiger partial charge in [-0.05, 0) is 32.6 Å². The Bertz CT molecular complexity index is 258. The SMILES string of the molecule is CCCCCCCCCCCCCC(C)OC(=O)C1CC1. The number of esters is 1. The summed E-state index contributed by atoms with van der Waals surface area (Å²) < 4.78 is 5.43. The molecule has 0 radical (unpaired) electrons. The van der Waals surface area contributed by atoms with Crippen LogP contribution < -0.4 is 0 Å². The van der Waals surface area contributed by atoms with Crippen LogP contribution in [-0.2, 0) is 9.53 Å². The molecule has 0 bridgehead atoms. The maximum Gasteiger partial charge on any atom is 0.309 e. The Morgan fingerprint density at radius 1 is 0.905 bits per heavy atom. The first-order chi connectivity index (χ1) is 10.2. The van der Waals surface area contributed by atoms with Crippen LogP contribution in [0.25, 0.3) is 0 Å². The van der Waals surface area contributed by atoms with Crippen LogP contribution in [0.3, 0.4) is 0 Å². The van der Waals surface area contributed by atoms with Crippen molar-refractivity contribution in [3.05, 3.63) is 0 Å². The number of hydrogen-bond donors (Lipinski definition) is 0. The molecule has 0 saturated heterocycles. The van der Waals surface area contributed by atoms with Gasteiger partial charge in [0.2, 0.25) is 0 Å². The van der Waals surface area contributed by atoms with Crippen molar-refractivity contribution >= 4 is 5.97 Å². The zero-order valence-corrected chi connectivity index (χ0v) is 14.4. The molecule has 0 aromatic carbocycles. The van der Waals surface area contributed by atoms with Crippen molar-refractivity contribution in [2.45, 2.75) is 110 Å². The van der Waals surface area contributed by atoms with E-state index in [-0.39, 0.29) is 18.0 Å². The lowest BCUT2D eigenvalue weighted by Crippen LogP contribution is -2.15. The molecule has 0 aromatic heterocycles. The normalized spacial score (nSPS) is 15.9. The van der Waals surface area contributed by atoms with Gasteiger partial charge >= 0.3 is 5.97 Å². The summed E-state index contributed by atoms with van der Waals surface area (Å²) >= 11 is 0. The molecule has 0 aliphatic heterocycles. The Balaban J connectivity index is 1.76. The Labute approximate surface area is 132 Å². The van der Waals surface area contributed by atoms with Crippen LogP contribution in [0, 0.1) is 5.92 Å². The summed E-state index contributed by atoms with van der Waals surface area (Å²) in [4.78, 5) is 11.5. The second-order valence-electron chi connectivity index (χ2n) is 6.85. The van der Waals surface area contributed by atoms with E-state index in [0.29, 0.717) is 0 Å². The molecule has 0 heterocycles. The second kappa shape index (κ2) is 12.1. The van der Waals surface area contributed by atoms with Gasteiger partial charge < -0.3 is 4.74 Å².